The van der Waals surface area contributed by atoms with Crippen molar-refractivity contribution in [3.8, 4) is 0 Å². The lowest BCUT2D eigenvalue weighted by atomic mass is 10.2. The summed E-state index contributed by atoms with van der Waals surface area (Å²) < 4.78 is 1.60. The summed E-state index contributed by atoms with van der Waals surface area (Å²) in [5.41, 5.74) is 1.30. The normalized spacial score (nSPS) is 10.4. The highest BCUT2D eigenvalue weighted by atomic mass is 16.2. The number of benzene rings is 1. The molecular weight excluding hydrogens is 258 g/mol. The summed E-state index contributed by atoms with van der Waals surface area (Å²) in [6.07, 6.45) is 2.89. The summed E-state index contributed by atoms with van der Waals surface area (Å²) in [5.74, 6) is -0.117. The largest absolute Gasteiger partial charge is 0.289 e. The molecule has 20 heavy (non-hydrogen) atoms. The van der Waals surface area contributed by atoms with Crippen molar-refractivity contribution in [2.75, 3.05) is 5.32 Å². The van der Waals surface area contributed by atoms with Crippen molar-refractivity contribution < 1.29 is 4.79 Å². The van der Waals surface area contributed by atoms with E-state index in [1.54, 1.807) is 10.9 Å². The highest BCUT2D eigenvalue weighted by molar-refractivity contribution is 6.01. The molecule has 1 aromatic carbocycles. The summed E-state index contributed by atoms with van der Waals surface area (Å²) in [7, 11) is 0. The quantitative estimate of drug-likeness (QED) is 0.725. The molecule has 0 atom stereocenters. The molecule has 0 aliphatic heterocycles. The summed E-state index contributed by atoms with van der Waals surface area (Å²) in [6, 6.07) is 9.81. The summed E-state index contributed by atoms with van der Waals surface area (Å²) in [5, 5.41) is 16.5. The van der Waals surface area contributed by atoms with Crippen LogP contribution in [-0.2, 0) is 6.54 Å². The lowest BCUT2D eigenvalue weighted by Gasteiger charge is -1.99. The van der Waals surface area contributed by atoms with Crippen LogP contribution in [0.4, 0.5) is 5.95 Å². The fraction of sp³-hybridized carbons (Fsp3) is 0.0833. The van der Waals surface area contributed by atoms with Gasteiger partial charge >= 0.3 is 0 Å². The molecule has 0 radical (unpaired) electrons. The fourth-order valence-corrected chi connectivity index (χ4v) is 1.69. The first-order valence-electron chi connectivity index (χ1n) is 5.92. The van der Waals surface area contributed by atoms with E-state index in [0.29, 0.717) is 6.54 Å². The van der Waals surface area contributed by atoms with Gasteiger partial charge in [-0.2, -0.15) is 10.1 Å². The molecule has 8 nitrogen and oxygen atoms in total. The number of carbonyl (C=O) groups excluding carboxylic acids is 1. The van der Waals surface area contributed by atoms with Crippen LogP contribution in [0, 0.1) is 0 Å². The Labute approximate surface area is 113 Å². The van der Waals surface area contributed by atoms with Gasteiger partial charge in [-0.1, -0.05) is 35.5 Å². The molecule has 8 heteroatoms. The first-order valence-corrected chi connectivity index (χ1v) is 5.92. The molecule has 0 fully saturated rings. The maximum Gasteiger partial charge on any atom is 0.280 e. The predicted molar refractivity (Wildman–Crippen MR) is 69.9 cm³/mol. The molecule has 0 spiro atoms. The standard InChI is InChI=1S/C12H11N7O/c20-11(15-12-13-8-14-17-12)10-7-19(18-16-10)6-9-4-2-1-3-5-9/h1-5,7-8H,6H2,(H2,13,14,15,17,20). The highest BCUT2D eigenvalue weighted by Gasteiger charge is 2.12. The molecule has 0 saturated heterocycles. The highest BCUT2D eigenvalue weighted by Crippen LogP contribution is 2.03. The number of hydrogen-bond acceptors (Lipinski definition) is 5. The molecule has 0 aliphatic carbocycles. The number of carbonyl (C=O) groups is 1. The summed E-state index contributed by atoms with van der Waals surface area (Å²) in [6.45, 7) is 0.559. The van der Waals surface area contributed by atoms with Gasteiger partial charge in [-0.05, 0) is 5.56 Å². The Balaban J connectivity index is 1.69. The molecule has 2 aromatic heterocycles. The van der Waals surface area contributed by atoms with E-state index in [4.69, 9.17) is 0 Å². The molecule has 0 unspecified atom stereocenters. The van der Waals surface area contributed by atoms with Gasteiger partial charge in [0.1, 0.15) is 6.33 Å². The van der Waals surface area contributed by atoms with Crippen molar-refractivity contribution in [3.63, 3.8) is 0 Å². The molecule has 0 aliphatic rings. The number of rotatable bonds is 4. The Morgan fingerprint density at radius 2 is 2.15 bits per heavy atom. The fourth-order valence-electron chi connectivity index (χ4n) is 1.69. The monoisotopic (exact) mass is 269 g/mol. The van der Waals surface area contributed by atoms with Gasteiger partial charge in [0.05, 0.1) is 12.7 Å². The third kappa shape index (κ3) is 2.69. The zero-order valence-electron chi connectivity index (χ0n) is 10.4. The van der Waals surface area contributed by atoms with E-state index in [9.17, 15) is 4.79 Å². The van der Waals surface area contributed by atoms with E-state index < -0.39 is 0 Å². The van der Waals surface area contributed by atoms with Crippen LogP contribution < -0.4 is 5.32 Å². The molecule has 2 N–H and O–H groups in total. The van der Waals surface area contributed by atoms with Crippen LogP contribution in [0.1, 0.15) is 16.1 Å². The molecule has 100 valence electrons. The third-order valence-corrected chi connectivity index (χ3v) is 2.61. The Morgan fingerprint density at radius 3 is 2.90 bits per heavy atom. The van der Waals surface area contributed by atoms with Gasteiger partial charge in [-0.3, -0.25) is 10.1 Å². The van der Waals surface area contributed by atoms with E-state index in [2.05, 4.69) is 30.8 Å². The summed E-state index contributed by atoms with van der Waals surface area (Å²) in [4.78, 5) is 15.7. The van der Waals surface area contributed by atoms with Crippen molar-refractivity contribution in [1.29, 1.82) is 0 Å². The Hall–Kier alpha value is -3.03. The number of aromatic amines is 1. The SMILES string of the molecule is O=C(Nc1ncn[nH]1)c1cn(Cc2ccccc2)nn1. The van der Waals surface area contributed by atoms with Crippen LogP contribution >= 0.6 is 0 Å². The minimum Gasteiger partial charge on any atom is -0.289 e. The van der Waals surface area contributed by atoms with Crippen molar-refractivity contribution in [1.82, 2.24) is 30.2 Å². The van der Waals surface area contributed by atoms with Gasteiger partial charge in [0.25, 0.3) is 5.91 Å². The van der Waals surface area contributed by atoms with Crippen LogP contribution in [0.15, 0.2) is 42.9 Å². The smallest absolute Gasteiger partial charge is 0.280 e. The van der Waals surface area contributed by atoms with E-state index in [1.807, 2.05) is 30.3 Å². The van der Waals surface area contributed by atoms with E-state index in [0.717, 1.165) is 5.56 Å². The molecule has 3 rings (SSSR count). The van der Waals surface area contributed by atoms with Crippen LogP contribution in [0.3, 0.4) is 0 Å². The van der Waals surface area contributed by atoms with Gasteiger partial charge in [-0.15, -0.1) is 5.10 Å². The number of anilines is 1. The van der Waals surface area contributed by atoms with Gasteiger partial charge in [0.15, 0.2) is 5.69 Å². The van der Waals surface area contributed by atoms with Crippen LogP contribution in [0.5, 0.6) is 0 Å². The van der Waals surface area contributed by atoms with Gasteiger partial charge in [-0.25, -0.2) is 9.78 Å². The van der Waals surface area contributed by atoms with Crippen molar-refractivity contribution in [2.24, 2.45) is 0 Å². The van der Waals surface area contributed by atoms with E-state index >= 15 is 0 Å². The number of amides is 1. The van der Waals surface area contributed by atoms with E-state index in [1.165, 1.54) is 6.33 Å². The van der Waals surface area contributed by atoms with Crippen molar-refractivity contribution in [2.45, 2.75) is 6.54 Å². The zero-order valence-corrected chi connectivity index (χ0v) is 10.4. The maximum absolute atomic E-state index is 11.9. The maximum atomic E-state index is 11.9. The second-order valence-electron chi connectivity index (χ2n) is 4.08. The van der Waals surface area contributed by atoms with Crippen LogP contribution in [0.25, 0.3) is 0 Å². The summed E-state index contributed by atoms with van der Waals surface area (Å²) >= 11 is 0. The predicted octanol–water partition coefficient (Wildman–Crippen LogP) is 0.697. The topological polar surface area (TPSA) is 101 Å². The van der Waals surface area contributed by atoms with Crippen molar-refractivity contribution >= 4 is 11.9 Å². The van der Waals surface area contributed by atoms with Crippen LogP contribution in [-0.4, -0.2) is 36.1 Å². The van der Waals surface area contributed by atoms with Gasteiger partial charge in [0, 0.05) is 0 Å². The molecule has 0 saturated carbocycles. The average molecular weight is 269 g/mol. The molecule has 3 aromatic rings. The first kappa shape index (κ1) is 12.0. The third-order valence-electron chi connectivity index (χ3n) is 2.61. The zero-order chi connectivity index (χ0) is 13.8. The second-order valence-corrected chi connectivity index (χ2v) is 4.08. The lowest BCUT2D eigenvalue weighted by Crippen LogP contribution is -2.13. The number of aromatic nitrogens is 6. The van der Waals surface area contributed by atoms with Crippen LogP contribution in [0.2, 0.25) is 0 Å². The second kappa shape index (κ2) is 5.31. The number of hydrogen-bond donors (Lipinski definition) is 2. The minimum atomic E-state index is -0.388. The van der Waals surface area contributed by atoms with E-state index in [-0.39, 0.29) is 17.5 Å². The Morgan fingerprint density at radius 1 is 1.30 bits per heavy atom. The molecular formula is C12H11N7O. The average Bonchev–Trinajstić information content (AvgIpc) is 3.11. The molecule has 0 bridgehead atoms. The number of nitrogens with zero attached hydrogens (tertiary/aromatic N) is 5. The van der Waals surface area contributed by atoms with Gasteiger partial charge in [0.2, 0.25) is 5.95 Å². The lowest BCUT2D eigenvalue weighted by molar-refractivity contribution is 0.102. The Kier molecular flexibility index (Phi) is 3.19. The first-order chi connectivity index (χ1) is 9.81. The molecule has 2 heterocycles. The van der Waals surface area contributed by atoms with Crippen molar-refractivity contribution in [3.05, 3.63) is 54.1 Å². The van der Waals surface area contributed by atoms with Gasteiger partial charge < -0.3 is 0 Å². The molecule has 1 amide bonds. The number of H-pyrrole nitrogens is 1. The Bertz CT molecular complexity index is 690. The number of nitrogens with one attached hydrogen (secondary N) is 2. The minimum absolute atomic E-state index is 0.220.